The summed E-state index contributed by atoms with van der Waals surface area (Å²) in [6.45, 7) is 11.1. The largest absolute Gasteiger partial charge is 0.384 e. The molecule has 0 radical (unpaired) electrons. The Morgan fingerprint density at radius 1 is 0.580 bits per heavy atom. The molecule has 0 aliphatic carbocycles. The Kier molecular flexibility index (Phi) is 17.4. The monoisotopic (exact) mass is 982 g/mol. The van der Waals surface area contributed by atoms with Crippen LogP contribution in [0.25, 0.3) is 21.8 Å². The van der Waals surface area contributed by atoms with E-state index in [0.29, 0.717) is 58.7 Å². The van der Waals surface area contributed by atoms with Crippen LogP contribution in [0.3, 0.4) is 0 Å². The zero-order valence-corrected chi connectivity index (χ0v) is 41.0. The number of anilines is 2. The molecule has 6 heterocycles. The van der Waals surface area contributed by atoms with E-state index in [2.05, 4.69) is 57.5 Å². The van der Waals surface area contributed by atoms with E-state index in [4.69, 9.17) is 28.9 Å². The minimum absolute atomic E-state index is 0.159. The Morgan fingerprint density at radius 3 is 1.46 bits per heavy atom. The Labute approximate surface area is 414 Å². The quantitative estimate of drug-likeness (QED) is 0.0897. The van der Waals surface area contributed by atoms with Crippen LogP contribution >= 0.6 is 34.8 Å². The van der Waals surface area contributed by atoms with Crippen molar-refractivity contribution in [3.8, 4) is 0 Å². The van der Waals surface area contributed by atoms with Gasteiger partial charge >= 0.3 is 0 Å². The molecule has 0 spiro atoms. The molecule has 8 aromatic rings. The van der Waals surface area contributed by atoms with Crippen LogP contribution in [0.15, 0.2) is 110 Å². The fraction of sp³-hybridized carbons (Fsp3) is 0.192. The minimum atomic E-state index is -0.361. The Morgan fingerprint density at radius 2 is 1.03 bits per heavy atom. The van der Waals surface area contributed by atoms with Crippen molar-refractivity contribution in [2.24, 2.45) is 0 Å². The zero-order chi connectivity index (χ0) is 49.8. The molecular formula is C52H49Cl3N10O4. The van der Waals surface area contributed by atoms with E-state index in [1.165, 1.54) is 13.8 Å². The number of nitrogens with zero attached hydrogens (tertiary/aromatic N) is 6. The third-order valence-corrected chi connectivity index (χ3v) is 11.0. The van der Waals surface area contributed by atoms with Crippen LogP contribution in [0.1, 0.15) is 90.7 Å². The van der Waals surface area contributed by atoms with Crippen LogP contribution < -0.4 is 21.7 Å². The average molecular weight is 984 g/mol. The molecule has 5 N–H and O–H groups in total. The molecule has 0 unspecified atom stereocenters. The van der Waals surface area contributed by atoms with Crippen molar-refractivity contribution >= 4 is 91.2 Å². The van der Waals surface area contributed by atoms with E-state index in [1.807, 2.05) is 88.4 Å². The molecule has 17 heteroatoms. The van der Waals surface area contributed by atoms with Crippen molar-refractivity contribution in [2.45, 2.75) is 67.5 Å². The SMILES string of the molecule is CC(=O)Cl.CC(=O)Nc1cc(C)c(CNC(=O)c2ccnc(Cc3ccc4ncc(Cl)cc4c3)c2)c(C)n1.Cc1cc(N)nc(C)c1CNC(=O)c1ccnc(Cc2ccc3ncc(Cl)cc3c2)c1. The van der Waals surface area contributed by atoms with Gasteiger partial charge in [0.1, 0.15) is 11.6 Å². The first-order chi connectivity index (χ1) is 32.9. The van der Waals surface area contributed by atoms with Gasteiger partial charge in [0.05, 0.1) is 21.1 Å². The van der Waals surface area contributed by atoms with Gasteiger partial charge in [-0.25, -0.2) is 9.97 Å². The predicted molar refractivity (Wildman–Crippen MR) is 273 cm³/mol. The summed E-state index contributed by atoms with van der Waals surface area (Å²) < 4.78 is 0. The lowest BCUT2D eigenvalue weighted by Crippen LogP contribution is -2.24. The first kappa shape index (κ1) is 51.0. The van der Waals surface area contributed by atoms with Gasteiger partial charge in [-0.2, -0.15) is 0 Å². The number of hydrogen-bond donors (Lipinski definition) is 4. The van der Waals surface area contributed by atoms with Crippen molar-refractivity contribution in [2.75, 3.05) is 11.1 Å². The number of fused-ring (bicyclic) bond motifs is 2. The summed E-state index contributed by atoms with van der Waals surface area (Å²) in [5, 5.41) is 11.4. The maximum Gasteiger partial charge on any atom is 0.251 e. The lowest BCUT2D eigenvalue weighted by Gasteiger charge is -2.13. The molecule has 3 amide bonds. The summed E-state index contributed by atoms with van der Waals surface area (Å²) in [7, 11) is 0. The number of aromatic nitrogens is 6. The van der Waals surface area contributed by atoms with Crippen LogP contribution in [0, 0.1) is 27.7 Å². The van der Waals surface area contributed by atoms with Gasteiger partial charge < -0.3 is 21.7 Å². The smallest absolute Gasteiger partial charge is 0.251 e. The molecule has 8 rings (SSSR count). The van der Waals surface area contributed by atoms with E-state index >= 15 is 0 Å². The molecule has 0 aliphatic heterocycles. The maximum atomic E-state index is 12.8. The maximum absolute atomic E-state index is 12.8. The van der Waals surface area contributed by atoms with Crippen molar-refractivity contribution < 1.29 is 19.2 Å². The topological polar surface area (TPSA) is 208 Å². The molecule has 0 atom stereocenters. The predicted octanol–water partition coefficient (Wildman–Crippen LogP) is 9.94. The summed E-state index contributed by atoms with van der Waals surface area (Å²) in [5.41, 5.74) is 17.8. The van der Waals surface area contributed by atoms with Crippen LogP contribution in [0.4, 0.5) is 11.6 Å². The number of nitrogens with two attached hydrogens (primary N) is 1. The molecule has 352 valence electrons. The van der Waals surface area contributed by atoms with Crippen molar-refractivity contribution in [3.05, 3.63) is 187 Å². The number of amides is 3. The molecular weight excluding hydrogens is 935 g/mol. The number of nitrogens with one attached hydrogen (secondary N) is 3. The number of hydrogen-bond acceptors (Lipinski definition) is 11. The highest BCUT2D eigenvalue weighted by Crippen LogP contribution is 2.23. The number of rotatable bonds is 11. The van der Waals surface area contributed by atoms with E-state index in [9.17, 15) is 19.2 Å². The molecule has 2 aromatic carbocycles. The Bertz CT molecular complexity index is 3170. The molecule has 0 fully saturated rings. The minimum Gasteiger partial charge on any atom is -0.384 e. The van der Waals surface area contributed by atoms with Gasteiger partial charge in [0, 0.05) is 109 Å². The number of aryl methyl sites for hydroxylation is 4. The van der Waals surface area contributed by atoms with Gasteiger partial charge in [0.25, 0.3) is 11.8 Å². The standard InChI is InChI=1S/C26H24ClN5O2.C24H22ClN5O.C2H3ClO/c1-15-8-25(32-17(3)33)31-16(2)23(15)14-30-26(34)19-6-7-28-22(12-19)10-18-4-5-24-20(9-18)11-21(27)13-29-24;1-14-7-23(26)30-15(2)21(14)13-29-24(31)17-5-6-27-20(11-17)9-16-3-4-22-18(8-16)10-19(25)12-28-22;1-2(3)4/h4-9,11-13H,10,14H2,1-3H3,(H,30,34)(H,31,32,33);3-8,10-12H,9,13H2,1-2H3,(H2,26,30)(H,29,31);1H3. The number of nitrogen functional groups attached to an aromatic ring is 1. The molecule has 0 saturated carbocycles. The number of benzene rings is 2. The van der Waals surface area contributed by atoms with Gasteiger partial charge in [-0.15, -0.1) is 0 Å². The van der Waals surface area contributed by atoms with Crippen molar-refractivity contribution in [1.82, 2.24) is 40.5 Å². The Balaban J connectivity index is 0.000000211. The lowest BCUT2D eigenvalue weighted by molar-refractivity contribution is -0.114. The van der Waals surface area contributed by atoms with Gasteiger partial charge in [0.2, 0.25) is 11.1 Å². The van der Waals surface area contributed by atoms with E-state index < -0.39 is 0 Å². The van der Waals surface area contributed by atoms with Crippen LogP contribution in [0.2, 0.25) is 10.0 Å². The van der Waals surface area contributed by atoms with Gasteiger partial charge in [-0.3, -0.25) is 39.1 Å². The fourth-order valence-electron chi connectivity index (χ4n) is 7.44. The van der Waals surface area contributed by atoms with E-state index in [-0.39, 0.29) is 23.0 Å². The summed E-state index contributed by atoms with van der Waals surface area (Å²) in [5.74, 6) is 0.459. The molecule has 69 heavy (non-hydrogen) atoms. The highest BCUT2D eigenvalue weighted by atomic mass is 35.5. The molecule has 14 nitrogen and oxygen atoms in total. The highest BCUT2D eigenvalue weighted by Gasteiger charge is 2.14. The van der Waals surface area contributed by atoms with Crippen LogP contribution in [-0.4, -0.2) is 52.9 Å². The van der Waals surface area contributed by atoms with Crippen LogP contribution in [0.5, 0.6) is 0 Å². The first-order valence-electron chi connectivity index (χ1n) is 21.6. The number of carbonyl (C=O) groups is 4. The molecule has 0 aliphatic rings. The normalized spacial score (nSPS) is 10.6. The second kappa shape index (κ2) is 23.6. The summed E-state index contributed by atoms with van der Waals surface area (Å²) >= 11 is 16.8. The van der Waals surface area contributed by atoms with Crippen LogP contribution in [-0.2, 0) is 35.5 Å². The fourth-order valence-corrected chi connectivity index (χ4v) is 7.78. The molecule has 0 saturated heterocycles. The third kappa shape index (κ3) is 14.8. The second-order valence-corrected chi connectivity index (χ2v) is 17.5. The summed E-state index contributed by atoms with van der Waals surface area (Å²) in [4.78, 5) is 72.2. The third-order valence-electron chi connectivity index (χ3n) is 10.6. The number of pyridine rings is 6. The molecule has 0 bridgehead atoms. The van der Waals surface area contributed by atoms with Crippen molar-refractivity contribution in [3.63, 3.8) is 0 Å². The first-order valence-corrected chi connectivity index (χ1v) is 22.7. The van der Waals surface area contributed by atoms with Gasteiger partial charge in [0.15, 0.2) is 0 Å². The summed E-state index contributed by atoms with van der Waals surface area (Å²) in [6, 6.07) is 26.4. The highest BCUT2D eigenvalue weighted by molar-refractivity contribution is 6.62. The van der Waals surface area contributed by atoms with Gasteiger partial charge in [-0.05, 0) is 145 Å². The van der Waals surface area contributed by atoms with E-state index in [1.54, 1.807) is 49.1 Å². The zero-order valence-electron chi connectivity index (χ0n) is 38.7. The average Bonchev–Trinajstić information content (AvgIpc) is 3.28. The molecule has 6 aromatic heterocycles. The summed E-state index contributed by atoms with van der Waals surface area (Å²) in [6.07, 6.45) is 7.75. The van der Waals surface area contributed by atoms with E-state index in [0.717, 1.165) is 78.0 Å². The second-order valence-electron chi connectivity index (χ2n) is 16.1. The number of halogens is 3. The Hall–Kier alpha value is -7.39. The lowest BCUT2D eigenvalue weighted by atomic mass is 10.0. The number of carbonyl (C=O) groups excluding carboxylic acids is 4. The van der Waals surface area contributed by atoms with Crippen molar-refractivity contribution in [1.29, 1.82) is 0 Å². The van der Waals surface area contributed by atoms with Gasteiger partial charge in [-0.1, -0.05) is 35.3 Å².